The standard InChI is InChI=1S/C19H24ClN5O4.C18H21ClN6O2.ClH/c1-19(2,3)29-18(27)21-14(12-28-11-13-7-5-4-6-8-13)17(26)25-24-16-10-9-15(20)22-23-16;1-18(2,20)17(26)21-13(11-27-10-12-6-4-3-5-7-12)16-23-22-15-9-8-14(19)24-25(15)16;/h4-10,14H,11-12H2,1-3H3,(H,21,27)(H,23,24)(H,25,26);3-9,13H,10-11,20H2,1-2H3,(H,21,26);1H. The van der Waals surface area contributed by atoms with Crippen molar-refractivity contribution in [3.8, 4) is 0 Å². The minimum Gasteiger partial charge on any atom is -0.444 e. The number of benzene rings is 2. The zero-order valence-electron chi connectivity index (χ0n) is 31.9. The van der Waals surface area contributed by atoms with Crippen molar-refractivity contribution >= 4 is 65.0 Å². The van der Waals surface area contributed by atoms with Crippen LogP contribution in [0.4, 0.5) is 10.6 Å². The molecule has 5 rings (SSSR count). The van der Waals surface area contributed by atoms with E-state index in [1.54, 1.807) is 46.8 Å². The molecule has 306 valence electrons. The lowest BCUT2D eigenvalue weighted by molar-refractivity contribution is -0.126. The van der Waals surface area contributed by atoms with Crippen LogP contribution in [0.5, 0.6) is 0 Å². The van der Waals surface area contributed by atoms with Gasteiger partial charge in [0.1, 0.15) is 22.8 Å². The predicted molar refractivity (Wildman–Crippen MR) is 216 cm³/mol. The zero-order chi connectivity index (χ0) is 40.7. The van der Waals surface area contributed by atoms with Gasteiger partial charge in [-0.2, -0.15) is 9.61 Å². The minimum atomic E-state index is -1.05. The van der Waals surface area contributed by atoms with Crippen LogP contribution in [-0.2, 0) is 37.0 Å². The maximum absolute atomic E-state index is 12.5. The van der Waals surface area contributed by atoms with Crippen molar-refractivity contribution in [3.05, 3.63) is 112 Å². The maximum atomic E-state index is 12.5. The number of rotatable bonds is 15. The van der Waals surface area contributed by atoms with E-state index < -0.39 is 35.2 Å². The summed E-state index contributed by atoms with van der Waals surface area (Å²) in [6, 6.07) is 24.0. The summed E-state index contributed by atoms with van der Waals surface area (Å²) in [7, 11) is 0. The molecule has 0 radical (unpaired) electrons. The predicted octanol–water partition coefficient (Wildman–Crippen LogP) is 4.99. The van der Waals surface area contributed by atoms with E-state index in [-0.39, 0.29) is 54.3 Å². The fourth-order valence-corrected chi connectivity index (χ4v) is 4.73. The number of anilines is 1. The molecule has 0 spiro atoms. The number of fused-ring (bicyclic) bond motifs is 1. The summed E-state index contributed by atoms with van der Waals surface area (Å²) >= 11 is 11.7. The Labute approximate surface area is 346 Å². The van der Waals surface area contributed by atoms with Crippen molar-refractivity contribution < 1.29 is 28.6 Å². The van der Waals surface area contributed by atoms with Crippen molar-refractivity contribution in [2.45, 2.75) is 71.1 Å². The van der Waals surface area contributed by atoms with Gasteiger partial charge in [0.15, 0.2) is 22.4 Å². The Morgan fingerprint density at radius 3 is 1.91 bits per heavy atom. The second kappa shape index (κ2) is 21.9. The number of alkyl carbamates (subject to hydrolysis) is 1. The van der Waals surface area contributed by atoms with E-state index in [0.717, 1.165) is 11.1 Å². The highest BCUT2D eigenvalue weighted by Crippen LogP contribution is 2.17. The summed E-state index contributed by atoms with van der Waals surface area (Å²) in [5.74, 6) is -0.183. The average molecular weight is 847 g/mol. The summed E-state index contributed by atoms with van der Waals surface area (Å²) in [5, 5.41) is 25.7. The van der Waals surface area contributed by atoms with Crippen LogP contribution in [0.3, 0.4) is 0 Å². The number of carbonyl (C=O) groups is 3. The highest BCUT2D eigenvalue weighted by molar-refractivity contribution is 6.29. The summed E-state index contributed by atoms with van der Waals surface area (Å²) < 4.78 is 18.1. The molecular formula is C37H46Cl3N11O6. The molecule has 2 unspecified atom stereocenters. The lowest BCUT2D eigenvalue weighted by Crippen LogP contribution is -2.51. The quantitative estimate of drug-likeness (QED) is 0.0878. The van der Waals surface area contributed by atoms with Crippen molar-refractivity contribution in [1.29, 1.82) is 0 Å². The van der Waals surface area contributed by atoms with Crippen LogP contribution in [0.2, 0.25) is 10.3 Å². The third kappa shape index (κ3) is 16.1. The molecule has 2 atom stereocenters. The first-order valence-electron chi connectivity index (χ1n) is 17.3. The Morgan fingerprint density at radius 2 is 1.35 bits per heavy atom. The molecule has 20 heteroatoms. The molecule has 0 aliphatic heterocycles. The van der Waals surface area contributed by atoms with Crippen LogP contribution in [-0.4, -0.2) is 78.3 Å². The number of nitrogens with one attached hydrogen (secondary N) is 4. The van der Waals surface area contributed by atoms with Crippen molar-refractivity contribution in [3.63, 3.8) is 0 Å². The SMILES string of the molecule is CC(C)(C)OC(=O)NC(COCc1ccccc1)C(=O)NNc1ccc(Cl)nn1.CC(C)(N)C(=O)NC(COCc1ccccc1)c1nnc2ccc(Cl)nn12.Cl. The molecule has 17 nitrogen and oxygen atoms in total. The van der Waals surface area contributed by atoms with E-state index in [9.17, 15) is 14.4 Å². The molecule has 6 N–H and O–H groups in total. The summed E-state index contributed by atoms with van der Waals surface area (Å²) in [6.07, 6.45) is -0.729. The van der Waals surface area contributed by atoms with Gasteiger partial charge in [0.05, 0.1) is 32.0 Å². The topological polar surface area (TPSA) is 222 Å². The van der Waals surface area contributed by atoms with Crippen LogP contribution in [0.25, 0.3) is 5.65 Å². The monoisotopic (exact) mass is 845 g/mol. The number of halogens is 3. The first kappa shape index (κ1) is 46.2. The zero-order valence-corrected chi connectivity index (χ0v) is 34.3. The summed E-state index contributed by atoms with van der Waals surface area (Å²) in [6.45, 7) is 9.24. The smallest absolute Gasteiger partial charge is 0.408 e. The van der Waals surface area contributed by atoms with Crippen molar-refractivity contribution in [1.82, 2.24) is 46.1 Å². The van der Waals surface area contributed by atoms with Gasteiger partial charge < -0.3 is 30.6 Å². The fraction of sp³-hybridized carbons (Fsp3) is 0.351. The fourth-order valence-electron chi connectivity index (χ4n) is 4.49. The number of amides is 3. The minimum absolute atomic E-state index is 0. The molecule has 0 aliphatic carbocycles. The van der Waals surface area contributed by atoms with Gasteiger partial charge in [-0.05, 0) is 70.0 Å². The van der Waals surface area contributed by atoms with Crippen LogP contribution < -0.4 is 27.2 Å². The van der Waals surface area contributed by atoms with Crippen LogP contribution in [0.15, 0.2) is 84.9 Å². The van der Waals surface area contributed by atoms with Gasteiger partial charge in [-0.3, -0.25) is 20.4 Å². The van der Waals surface area contributed by atoms with Crippen molar-refractivity contribution in [2.24, 2.45) is 5.73 Å². The molecule has 57 heavy (non-hydrogen) atoms. The lowest BCUT2D eigenvalue weighted by Gasteiger charge is -2.23. The Bertz CT molecular complexity index is 2010. The Balaban J connectivity index is 0.000000301. The summed E-state index contributed by atoms with van der Waals surface area (Å²) in [5.41, 5.74) is 11.7. The molecule has 2 aromatic carbocycles. The third-order valence-electron chi connectivity index (χ3n) is 7.20. The molecule has 3 aromatic heterocycles. The first-order valence-corrected chi connectivity index (χ1v) is 18.1. The molecule has 0 bridgehead atoms. The molecule has 0 fully saturated rings. The molecule has 0 saturated carbocycles. The average Bonchev–Trinajstić information content (AvgIpc) is 3.56. The highest BCUT2D eigenvalue weighted by Gasteiger charge is 2.29. The Hall–Kier alpha value is -5.17. The number of carbonyl (C=O) groups excluding carboxylic acids is 3. The number of hydrogen-bond acceptors (Lipinski definition) is 13. The Morgan fingerprint density at radius 1 is 0.754 bits per heavy atom. The van der Waals surface area contributed by atoms with E-state index >= 15 is 0 Å². The molecule has 5 aromatic rings. The maximum Gasteiger partial charge on any atom is 0.408 e. The Kier molecular flexibility index (Phi) is 17.8. The second-order valence-corrected chi connectivity index (χ2v) is 14.6. The largest absolute Gasteiger partial charge is 0.444 e. The number of aromatic nitrogens is 6. The molecular weight excluding hydrogens is 801 g/mol. The van der Waals surface area contributed by atoms with Gasteiger partial charge in [-0.25, -0.2) is 4.79 Å². The van der Waals surface area contributed by atoms with Gasteiger partial charge in [0, 0.05) is 0 Å². The molecule has 3 heterocycles. The number of hydrogen-bond donors (Lipinski definition) is 5. The van der Waals surface area contributed by atoms with E-state index in [1.165, 1.54) is 16.6 Å². The van der Waals surface area contributed by atoms with Gasteiger partial charge in [0.2, 0.25) is 5.91 Å². The second-order valence-electron chi connectivity index (χ2n) is 13.8. The first-order chi connectivity index (χ1) is 26.6. The number of ether oxygens (including phenoxy) is 3. The molecule has 3 amide bonds. The number of hydrazine groups is 1. The lowest BCUT2D eigenvalue weighted by atomic mass is 10.1. The van der Waals surface area contributed by atoms with Crippen LogP contribution in [0, 0.1) is 0 Å². The van der Waals surface area contributed by atoms with Gasteiger partial charge >= 0.3 is 6.09 Å². The number of nitrogens with zero attached hydrogens (tertiary/aromatic N) is 6. The normalized spacial score (nSPS) is 12.2. The van der Waals surface area contributed by atoms with Crippen LogP contribution in [0.1, 0.15) is 57.6 Å². The van der Waals surface area contributed by atoms with Crippen molar-refractivity contribution in [2.75, 3.05) is 18.6 Å². The van der Waals surface area contributed by atoms with E-state index in [1.807, 2.05) is 60.7 Å². The van der Waals surface area contributed by atoms with E-state index in [2.05, 4.69) is 47.0 Å². The van der Waals surface area contributed by atoms with Gasteiger partial charge in [-0.1, -0.05) is 83.9 Å². The molecule has 0 saturated heterocycles. The van der Waals surface area contributed by atoms with Gasteiger partial charge in [-0.15, -0.1) is 32.8 Å². The van der Waals surface area contributed by atoms with E-state index in [0.29, 0.717) is 18.1 Å². The summed E-state index contributed by atoms with van der Waals surface area (Å²) in [4.78, 5) is 37.0. The van der Waals surface area contributed by atoms with Crippen LogP contribution >= 0.6 is 35.6 Å². The number of nitrogens with two attached hydrogens (primary N) is 1. The van der Waals surface area contributed by atoms with Gasteiger partial charge in [0.25, 0.3) is 5.91 Å². The third-order valence-corrected chi connectivity index (χ3v) is 7.61. The molecule has 0 aliphatic rings. The van der Waals surface area contributed by atoms with E-state index in [4.69, 9.17) is 43.1 Å². The highest BCUT2D eigenvalue weighted by atomic mass is 35.5.